The molecule has 0 atom stereocenters. The molecule has 20 heavy (non-hydrogen) atoms. The first-order chi connectivity index (χ1) is 9.20. The fourth-order valence-electron chi connectivity index (χ4n) is 2.48. The Balaban J connectivity index is 2.93. The third kappa shape index (κ3) is 4.04. The third-order valence-corrected chi connectivity index (χ3v) is 6.49. The lowest BCUT2D eigenvalue weighted by Gasteiger charge is -2.25. The van der Waals surface area contributed by atoms with Crippen LogP contribution in [-0.4, -0.2) is 20.1 Å². The van der Waals surface area contributed by atoms with E-state index in [9.17, 15) is 13.5 Å². The van der Waals surface area contributed by atoms with Crippen molar-refractivity contribution < 1.29 is 13.5 Å². The lowest BCUT2D eigenvalue weighted by molar-refractivity contribution is 0.281. The summed E-state index contributed by atoms with van der Waals surface area (Å²) in [5.74, 6) is 1.12. The van der Waals surface area contributed by atoms with Gasteiger partial charge in [0.15, 0.2) is 0 Å². The third-order valence-electron chi connectivity index (χ3n) is 3.62. The van der Waals surface area contributed by atoms with Crippen LogP contribution in [0, 0.1) is 24.7 Å². The summed E-state index contributed by atoms with van der Waals surface area (Å²) in [6, 6.07) is 0. The first kappa shape index (κ1) is 17.6. The minimum Gasteiger partial charge on any atom is -0.391 e. The summed E-state index contributed by atoms with van der Waals surface area (Å²) in [7, 11) is -3.55. The smallest absolute Gasteiger partial charge is 0.242 e. The number of aliphatic hydroxyl groups excluding tert-OH is 1. The minimum atomic E-state index is -3.55. The molecule has 4 nitrogen and oxygen atoms in total. The molecule has 1 rings (SSSR count). The molecule has 0 bridgehead atoms. The molecular weight excluding hydrogens is 294 g/mol. The molecular formula is C14H25NO3S2. The molecule has 1 aromatic heterocycles. The highest BCUT2D eigenvalue weighted by Crippen LogP contribution is 2.27. The summed E-state index contributed by atoms with van der Waals surface area (Å²) in [6.07, 6.45) is 0. The SMILES string of the molecule is Cc1csc(CO)c1S(=O)(=O)NCC(C(C)C)C(C)C. The number of nitrogens with one attached hydrogen (secondary N) is 1. The standard InChI is InChI=1S/C14H25NO3S2/c1-9(2)12(10(3)4)6-15-20(17,18)14-11(5)8-19-13(14)7-16/h8-10,12,15-16H,6-7H2,1-5H3. The van der Waals surface area contributed by atoms with Gasteiger partial charge in [0.2, 0.25) is 10.0 Å². The van der Waals surface area contributed by atoms with E-state index >= 15 is 0 Å². The van der Waals surface area contributed by atoms with Crippen LogP contribution < -0.4 is 4.72 Å². The monoisotopic (exact) mass is 319 g/mol. The van der Waals surface area contributed by atoms with Crippen molar-refractivity contribution in [3.63, 3.8) is 0 Å². The molecule has 2 N–H and O–H groups in total. The average Bonchev–Trinajstić information content (AvgIpc) is 2.70. The van der Waals surface area contributed by atoms with Gasteiger partial charge in [0.05, 0.1) is 11.5 Å². The topological polar surface area (TPSA) is 66.4 Å². The van der Waals surface area contributed by atoms with Crippen LogP contribution in [0.15, 0.2) is 10.3 Å². The fourth-order valence-corrected chi connectivity index (χ4v) is 5.21. The van der Waals surface area contributed by atoms with Crippen LogP contribution in [0.2, 0.25) is 0 Å². The summed E-state index contributed by atoms with van der Waals surface area (Å²) in [5, 5.41) is 11.0. The van der Waals surface area contributed by atoms with Crippen molar-refractivity contribution in [3.05, 3.63) is 15.8 Å². The summed E-state index contributed by atoms with van der Waals surface area (Å²) < 4.78 is 27.6. The number of thiophene rings is 1. The van der Waals surface area contributed by atoms with Gasteiger partial charge in [-0.15, -0.1) is 11.3 Å². The second-order valence-electron chi connectivity index (χ2n) is 5.83. The number of hydrogen-bond acceptors (Lipinski definition) is 4. The Morgan fingerprint density at radius 3 is 2.25 bits per heavy atom. The highest BCUT2D eigenvalue weighted by molar-refractivity contribution is 7.89. The van der Waals surface area contributed by atoms with Crippen LogP contribution in [-0.2, 0) is 16.6 Å². The maximum absolute atomic E-state index is 12.4. The van der Waals surface area contributed by atoms with Gasteiger partial charge in [0.25, 0.3) is 0 Å². The zero-order valence-electron chi connectivity index (χ0n) is 12.8. The minimum absolute atomic E-state index is 0.244. The Morgan fingerprint density at radius 2 is 1.80 bits per heavy atom. The fraction of sp³-hybridized carbons (Fsp3) is 0.714. The second kappa shape index (κ2) is 7.02. The summed E-state index contributed by atoms with van der Waals surface area (Å²) >= 11 is 1.28. The second-order valence-corrected chi connectivity index (χ2v) is 8.50. The first-order valence-corrected chi connectivity index (χ1v) is 9.24. The van der Waals surface area contributed by atoms with E-state index in [1.165, 1.54) is 11.3 Å². The Hall–Kier alpha value is -0.430. The predicted octanol–water partition coefficient (Wildman–Crippen LogP) is 2.76. The van der Waals surface area contributed by atoms with Gasteiger partial charge in [-0.05, 0) is 35.6 Å². The zero-order valence-corrected chi connectivity index (χ0v) is 14.4. The van der Waals surface area contributed by atoms with Crippen LogP contribution in [0.1, 0.15) is 38.1 Å². The van der Waals surface area contributed by atoms with E-state index in [1.807, 2.05) is 0 Å². The molecule has 0 aliphatic rings. The molecule has 0 aliphatic heterocycles. The molecule has 1 aromatic rings. The van der Waals surface area contributed by atoms with Crippen molar-refractivity contribution in [1.29, 1.82) is 0 Å². The Morgan fingerprint density at radius 1 is 1.25 bits per heavy atom. The van der Waals surface area contributed by atoms with Crippen molar-refractivity contribution in [2.24, 2.45) is 17.8 Å². The van der Waals surface area contributed by atoms with Crippen molar-refractivity contribution in [1.82, 2.24) is 4.72 Å². The van der Waals surface area contributed by atoms with Gasteiger partial charge >= 0.3 is 0 Å². The molecule has 1 heterocycles. The highest BCUT2D eigenvalue weighted by Gasteiger charge is 2.25. The molecule has 6 heteroatoms. The summed E-state index contributed by atoms with van der Waals surface area (Å²) in [4.78, 5) is 0.747. The van der Waals surface area contributed by atoms with Gasteiger partial charge in [0, 0.05) is 6.54 Å². The molecule has 0 saturated carbocycles. The van der Waals surface area contributed by atoms with Gasteiger partial charge in [-0.1, -0.05) is 27.7 Å². The first-order valence-electron chi connectivity index (χ1n) is 6.88. The van der Waals surface area contributed by atoms with Crippen molar-refractivity contribution in [3.8, 4) is 0 Å². The number of aryl methyl sites for hydroxylation is 1. The van der Waals surface area contributed by atoms with Gasteiger partial charge < -0.3 is 5.11 Å². The number of hydrogen-bond donors (Lipinski definition) is 2. The molecule has 0 saturated heterocycles. The number of rotatable bonds is 7. The van der Waals surface area contributed by atoms with Crippen LogP contribution in [0.4, 0.5) is 0 Å². The molecule has 0 radical (unpaired) electrons. The van der Waals surface area contributed by atoms with Crippen molar-refractivity contribution >= 4 is 21.4 Å². The largest absolute Gasteiger partial charge is 0.391 e. The van der Waals surface area contributed by atoms with Crippen LogP contribution >= 0.6 is 11.3 Å². The number of aliphatic hydroxyl groups is 1. The van der Waals surface area contributed by atoms with Gasteiger partial charge in [-0.2, -0.15) is 0 Å². The average molecular weight is 319 g/mol. The van der Waals surface area contributed by atoms with E-state index < -0.39 is 10.0 Å². The van der Waals surface area contributed by atoms with Crippen LogP contribution in [0.5, 0.6) is 0 Å². The molecule has 0 aliphatic carbocycles. The Bertz CT molecular complexity index is 525. The molecule has 116 valence electrons. The molecule has 0 fully saturated rings. The predicted molar refractivity (Wildman–Crippen MR) is 83.3 cm³/mol. The Kier molecular flexibility index (Phi) is 6.19. The quantitative estimate of drug-likeness (QED) is 0.812. The van der Waals surface area contributed by atoms with Crippen LogP contribution in [0.25, 0.3) is 0 Å². The summed E-state index contributed by atoms with van der Waals surface area (Å²) in [6.45, 7) is 10.4. The Labute approximate surface area is 126 Å². The molecule has 0 spiro atoms. The van der Waals surface area contributed by atoms with E-state index in [1.54, 1.807) is 12.3 Å². The summed E-state index contributed by atoms with van der Waals surface area (Å²) in [5.41, 5.74) is 0.692. The lowest BCUT2D eigenvalue weighted by Crippen LogP contribution is -2.34. The molecule has 0 aromatic carbocycles. The molecule has 0 amide bonds. The maximum Gasteiger partial charge on any atom is 0.242 e. The lowest BCUT2D eigenvalue weighted by atomic mass is 9.86. The highest BCUT2D eigenvalue weighted by atomic mass is 32.2. The maximum atomic E-state index is 12.4. The van der Waals surface area contributed by atoms with E-state index in [0.29, 0.717) is 34.7 Å². The normalized spacial score (nSPS) is 12.8. The van der Waals surface area contributed by atoms with E-state index in [0.717, 1.165) is 0 Å². The van der Waals surface area contributed by atoms with E-state index in [-0.39, 0.29) is 11.5 Å². The van der Waals surface area contributed by atoms with E-state index in [4.69, 9.17) is 0 Å². The number of sulfonamides is 1. The molecule has 0 unspecified atom stereocenters. The van der Waals surface area contributed by atoms with Gasteiger partial charge in [-0.3, -0.25) is 0 Å². The van der Waals surface area contributed by atoms with E-state index in [2.05, 4.69) is 32.4 Å². The van der Waals surface area contributed by atoms with Crippen molar-refractivity contribution in [2.75, 3.05) is 6.54 Å². The van der Waals surface area contributed by atoms with Gasteiger partial charge in [0.1, 0.15) is 4.90 Å². The van der Waals surface area contributed by atoms with Crippen LogP contribution in [0.3, 0.4) is 0 Å². The zero-order chi connectivity index (χ0) is 15.5. The van der Waals surface area contributed by atoms with Crippen molar-refractivity contribution in [2.45, 2.75) is 46.1 Å². The van der Waals surface area contributed by atoms with Gasteiger partial charge in [-0.25, -0.2) is 13.1 Å².